The van der Waals surface area contributed by atoms with Crippen molar-refractivity contribution in [3.8, 4) is 5.69 Å². The molecule has 3 aliphatic heterocycles. The number of hydrogen-bond donors (Lipinski definition) is 3. The summed E-state index contributed by atoms with van der Waals surface area (Å²) >= 11 is 0. The summed E-state index contributed by atoms with van der Waals surface area (Å²) in [5, 5.41) is 18.6. The molecule has 0 bridgehead atoms. The van der Waals surface area contributed by atoms with Gasteiger partial charge in [0.25, 0.3) is 21.6 Å². The lowest BCUT2D eigenvalue weighted by molar-refractivity contribution is -0.384. The maximum Gasteiger partial charge on any atom is 0.296 e. The predicted molar refractivity (Wildman–Crippen MR) is 242 cm³/mol. The van der Waals surface area contributed by atoms with Crippen LogP contribution >= 0.6 is 0 Å². The Balaban J connectivity index is 0.831. The fourth-order valence-corrected chi connectivity index (χ4v) is 11.9. The highest BCUT2D eigenvalue weighted by molar-refractivity contribution is 7.90. The molecule has 1 amide bonds. The largest absolute Gasteiger partial charge is 0.381 e. The Morgan fingerprint density at radius 2 is 1.75 bits per heavy atom. The van der Waals surface area contributed by atoms with Crippen molar-refractivity contribution in [2.45, 2.75) is 87.2 Å². The minimum atomic E-state index is -4.65. The van der Waals surface area contributed by atoms with Crippen LogP contribution in [0.15, 0.2) is 84.3 Å². The fourth-order valence-electron chi connectivity index (χ4n) is 11.0. The zero-order valence-corrected chi connectivity index (χ0v) is 36.4. The van der Waals surface area contributed by atoms with Crippen molar-refractivity contribution in [3.05, 3.63) is 106 Å². The Kier molecular flexibility index (Phi) is 10.4. The monoisotopic (exact) mass is 884 g/mol. The highest BCUT2D eigenvalue weighted by atomic mass is 32.2. The summed E-state index contributed by atoms with van der Waals surface area (Å²) < 4.78 is 36.9. The van der Waals surface area contributed by atoms with Gasteiger partial charge in [-0.25, -0.2) is 19.7 Å². The van der Waals surface area contributed by atoms with E-state index in [1.165, 1.54) is 45.1 Å². The van der Waals surface area contributed by atoms with Crippen molar-refractivity contribution in [1.82, 2.24) is 34.4 Å². The number of ether oxygens (including phenoxy) is 1. The van der Waals surface area contributed by atoms with E-state index in [1.54, 1.807) is 34.3 Å². The van der Waals surface area contributed by atoms with Gasteiger partial charge in [-0.15, -0.1) is 0 Å². The van der Waals surface area contributed by atoms with Gasteiger partial charge >= 0.3 is 0 Å². The SMILES string of the molecule is O=C(NS(=O)(=O)c1cc([N+](=O)[O-])c(NCC2CCOCC2)cn1)c1ccc(N2CCC3(CC2)CC(N2CCCC2c2ccccc2C2CC2)C3)cc1-n1[nH]cc2nc3nccc3cc21. The lowest BCUT2D eigenvalue weighted by Crippen LogP contribution is -2.55. The summed E-state index contributed by atoms with van der Waals surface area (Å²) in [7, 11) is -4.65. The van der Waals surface area contributed by atoms with E-state index in [0.717, 1.165) is 68.0 Å². The van der Waals surface area contributed by atoms with Gasteiger partial charge in [0, 0.05) is 68.4 Å². The number of hydrogen-bond acceptors (Lipinski definition) is 12. The van der Waals surface area contributed by atoms with Crippen LogP contribution < -0.4 is 14.9 Å². The molecule has 11 rings (SSSR count). The highest BCUT2D eigenvalue weighted by Gasteiger charge is 2.50. The molecular weight excluding hydrogens is 833 g/mol. The third-order valence-electron chi connectivity index (χ3n) is 14.7. The second-order valence-corrected chi connectivity index (χ2v) is 20.2. The van der Waals surface area contributed by atoms with Gasteiger partial charge in [0.15, 0.2) is 10.7 Å². The number of nitrogens with one attached hydrogen (secondary N) is 3. The molecule has 7 heterocycles. The molecule has 17 heteroatoms. The number of carbonyl (C=O) groups excluding carboxylic acids is 1. The first-order valence-corrected chi connectivity index (χ1v) is 24.2. The Bertz CT molecular complexity index is 2870. The molecule has 0 radical (unpaired) electrons. The predicted octanol–water partition coefficient (Wildman–Crippen LogP) is 7.63. The maximum absolute atomic E-state index is 14.2. The molecule has 3 N–H and O–H groups in total. The summed E-state index contributed by atoms with van der Waals surface area (Å²) in [6.45, 7) is 4.59. The van der Waals surface area contributed by atoms with Crippen molar-refractivity contribution in [1.29, 1.82) is 0 Å². The average Bonchev–Trinajstić information content (AvgIpc) is 3.63. The molecule has 5 fully saturated rings. The van der Waals surface area contributed by atoms with Gasteiger partial charge in [0.1, 0.15) is 11.2 Å². The van der Waals surface area contributed by atoms with Crippen LogP contribution in [0.4, 0.5) is 17.1 Å². The standard InChI is InChI=1S/C47H52N10O6S/c58-46(53-64(61,62)44-24-43(57(59)60)38(28-50-44)49-27-30-12-20-63-21-13-30)37-10-9-33(23-41(37)56-42-22-32-11-16-48-45(32)52-39(42)29-51-56)54-18-14-47(15-19-54)25-34(26-47)55-17-3-6-40(55)36-5-2-1-4-35(36)31-7-8-31/h1-2,4-5,9-11,16,22-24,28-31,34,40,49,51H,3,6-8,12-15,17-21,25-27H2,(H,53,58). The maximum atomic E-state index is 14.2. The number of aromatic nitrogens is 5. The van der Waals surface area contributed by atoms with Gasteiger partial charge < -0.3 is 15.0 Å². The van der Waals surface area contributed by atoms with E-state index in [9.17, 15) is 23.3 Å². The van der Waals surface area contributed by atoms with Crippen LogP contribution in [0.2, 0.25) is 0 Å². The van der Waals surface area contributed by atoms with E-state index in [0.29, 0.717) is 59.6 Å². The number of nitrogens with zero attached hydrogens (tertiary/aromatic N) is 7. The second-order valence-electron chi connectivity index (χ2n) is 18.6. The van der Waals surface area contributed by atoms with Crippen LogP contribution in [0.1, 0.15) is 97.7 Å². The van der Waals surface area contributed by atoms with Gasteiger partial charge in [0.2, 0.25) is 0 Å². The van der Waals surface area contributed by atoms with Crippen molar-refractivity contribution in [2.24, 2.45) is 11.3 Å². The minimum Gasteiger partial charge on any atom is -0.381 e. The van der Waals surface area contributed by atoms with Crippen LogP contribution in [0.25, 0.3) is 27.8 Å². The Morgan fingerprint density at radius 1 is 0.953 bits per heavy atom. The first-order valence-electron chi connectivity index (χ1n) is 22.7. The van der Waals surface area contributed by atoms with Gasteiger partial charge in [-0.2, -0.15) is 8.42 Å². The number of aromatic amines is 1. The van der Waals surface area contributed by atoms with E-state index in [4.69, 9.17) is 9.72 Å². The number of nitro groups is 1. The Hall–Kier alpha value is -5.91. The molecule has 16 nitrogen and oxygen atoms in total. The number of amides is 1. The number of sulfonamides is 1. The number of carbonyl (C=O) groups is 1. The molecule has 1 spiro atoms. The lowest BCUT2D eigenvalue weighted by atomic mass is 9.59. The van der Waals surface area contributed by atoms with Crippen LogP contribution in [0.5, 0.6) is 0 Å². The van der Waals surface area contributed by atoms with Crippen molar-refractivity contribution < 1.29 is 22.9 Å². The summed E-state index contributed by atoms with van der Waals surface area (Å²) in [6.07, 6.45) is 15.9. The van der Waals surface area contributed by atoms with Gasteiger partial charge in [-0.3, -0.25) is 29.6 Å². The Labute approximate surface area is 371 Å². The summed E-state index contributed by atoms with van der Waals surface area (Å²) in [4.78, 5) is 44.0. The van der Waals surface area contributed by atoms with Gasteiger partial charge in [-0.05, 0) is 129 Å². The van der Waals surface area contributed by atoms with Crippen LogP contribution in [-0.2, 0) is 14.8 Å². The smallest absolute Gasteiger partial charge is 0.296 e. The molecule has 4 aromatic heterocycles. The number of benzene rings is 2. The van der Waals surface area contributed by atoms with Crippen molar-refractivity contribution >= 4 is 55.1 Å². The van der Waals surface area contributed by atoms with Crippen LogP contribution in [0, 0.1) is 21.4 Å². The lowest BCUT2D eigenvalue weighted by Gasteiger charge is -2.56. The number of likely N-dealkylation sites (tertiary alicyclic amines) is 1. The fraction of sp³-hybridized carbons (Fsp3) is 0.447. The summed E-state index contributed by atoms with van der Waals surface area (Å²) in [6, 6.07) is 20.4. The molecule has 1 atom stereocenters. The number of piperidine rings is 1. The average molecular weight is 885 g/mol. The first kappa shape index (κ1) is 40.8. The first-order chi connectivity index (χ1) is 31.1. The summed E-state index contributed by atoms with van der Waals surface area (Å²) in [5.41, 5.74) is 6.39. The van der Waals surface area contributed by atoms with Crippen molar-refractivity contribution in [3.63, 3.8) is 0 Å². The van der Waals surface area contributed by atoms with E-state index in [1.807, 2.05) is 24.3 Å². The highest BCUT2D eigenvalue weighted by Crippen LogP contribution is 2.55. The summed E-state index contributed by atoms with van der Waals surface area (Å²) in [5.74, 6) is 0.0873. The molecule has 1 unspecified atom stereocenters. The normalized spacial score (nSPS) is 20.8. The Morgan fingerprint density at radius 3 is 2.53 bits per heavy atom. The minimum absolute atomic E-state index is 0.0739. The molecule has 3 saturated heterocycles. The van der Waals surface area contributed by atoms with E-state index >= 15 is 0 Å². The topological polar surface area (TPSA) is 194 Å². The zero-order chi connectivity index (χ0) is 43.6. The third-order valence-corrected chi connectivity index (χ3v) is 15.9. The molecule has 332 valence electrons. The zero-order valence-electron chi connectivity index (χ0n) is 35.6. The molecule has 64 heavy (non-hydrogen) atoms. The second kappa shape index (κ2) is 16.3. The van der Waals surface area contributed by atoms with E-state index < -0.39 is 31.6 Å². The third kappa shape index (κ3) is 7.66. The molecule has 2 aliphatic carbocycles. The number of anilines is 2. The van der Waals surface area contributed by atoms with E-state index in [-0.39, 0.29) is 17.2 Å². The van der Waals surface area contributed by atoms with Crippen LogP contribution in [-0.4, -0.2) is 94.3 Å². The number of fused-ring (bicyclic) bond motifs is 2. The quantitative estimate of drug-likeness (QED) is 0.0805. The van der Waals surface area contributed by atoms with Gasteiger partial charge in [0.05, 0.1) is 34.0 Å². The van der Waals surface area contributed by atoms with Crippen LogP contribution in [0.3, 0.4) is 0 Å². The molecule has 5 aliphatic rings. The van der Waals surface area contributed by atoms with Gasteiger partial charge in [-0.1, -0.05) is 24.3 Å². The number of pyridine rings is 2. The molecule has 6 aromatic rings. The number of H-pyrrole nitrogens is 1. The van der Waals surface area contributed by atoms with E-state index in [2.05, 4.69) is 59.2 Å². The van der Waals surface area contributed by atoms with Crippen molar-refractivity contribution in [2.75, 3.05) is 49.6 Å². The molecular formula is C47H52N10O6S. The number of rotatable bonds is 12. The molecule has 2 saturated carbocycles. The molecule has 2 aromatic carbocycles.